The van der Waals surface area contributed by atoms with Crippen molar-refractivity contribution in [2.24, 2.45) is 0 Å². The van der Waals surface area contributed by atoms with E-state index in [4.69, 9.17) is 16.3 Å². The molecule has 1 saturated heterocycles. The van der Waals surface area contributed by atoms with Crippen molar-refractivity contribution in [2.75, 3.05) is 26.7 Å². The van der Waals surface area contributed by atoms with Gasteiger partial charge >= 0.3 is 0 Å². The highest BCUT2D eigenvalue weighted by Crippen LogP contribution is 2.35. The molecular formula is C17H20Cl2N2O3S. The molecule has 2 aromatic rings. The molecule has 8 heteroatoms. The first kappa shape index (κ1) is 20.0. The van der Waals surface area contributed by atoms with Gasteiger partial charge in [-0.1, -0.05) is 41.9 Å². The molecule has 0 bridgehead atoms. The van der Waals surface area contributed by atoms with Crippen LogP contribution in [0.1, 0.15) is 11.6 Å². The number of halogens is 2. The number of methoxy groups -OCH3 is 1. The molecule has 0 spiro atoms. The number of sulfonamides is 1. The quantitative estimate of drug-likeness (QED) is 0.853. The summed E-state index contributed by atoms with van der Waals surface area (Å²) in [5, 5.41) is 3.49. The molecule has 3 rings (SSSR count). The van der Waals surface area contributed by atoms with Gasteiger partial charge in [0, 0.05) is 25.2 Å². The molecule has 2 aromatic carbocycles. The van der Waals surface area contributed by atoms with Gasteiger partial charge in [0.25, 0.3) is 0 Å². The fourth-order valence-corrected chi connectivity index (χ4v) is 5.06. The summed E-state index contributed by atoms with van der Waals surface area (Å²) < 4.78 is 33.2. The monoisotopic (exact) mass is 402 g/mol. The van der Waals surface area contributed by atoms with Crippen molar-refractivity contribution in [3.05, 3.63) is 59.1 Å². The molecule has 0 amide bonds. The van der Waals surface area contributed by atoms with Gasteiger partial charge in [0.2, 0.25) is 10.0 Å². The van der Waals surface area contributed by atoms with Gasteiger partial charge in [-0.2, -0.15) is 4.31 Å². The van der Waals surface area contributed by atoms with E-state index in [1.807, 2.05) is 24.3 Å². The second kappa shape index (κ2) is 8.38. The van der Waals surface area contributed by atoms with Gasteiger partial charge in [0.15, 0.2) is 0 Å². The van der Waals surface area contributed by atoms with Crippen LogP contribution in [0.2, 0.25) is 5.02 Å². The summed E-state index contributed by atoms with van der Waals surface area (Å²) in [6.07, 6.45) is 0. The minimum Gasteiger partial charge on any atom is -0.496 e. The highest BCUT2D eigenvalue weighted by atomic mass is 35.5. The Hall–Kier alpha value is -1.31. The van der Waals surface area contributed by atoms with E-state index in [1.165, 1.54) is 4.31 Å². The summed E-state index contributed by atoms with van der Waals surface area (Å²) in [6, 6.07) is 13.7. The Kier molecular flexibility index (Phi) is 6.71. The minimum atomic E-state index is -3.71. The van der Waals surface area contributed by atoms with Crippen LogP contribution >= 0.6 is 24.0 Å². The van der Waals surface area contributed by atoms with Crippen molar-refractivity contribution in [1.29, 1.82) is 0 Å². The lowest BCUT2D eigenvalue weighted by Gasteiger charge is -2.36. The van der Waals surface area contributed by atoms with E-state index in [-0.39, 0.29) is 28.4 Å². The number of ether oxygens (including phenoxy) is 1. The number of benzene rings is 2. The fraction of sp³-hybridized carbons (Fsp3) is 0.294. The lowest BCUT2D eigenvalue weighted by molar-refractivity contribution is 0.264. The second-order valence-electron chi connectivity index (χ2n) is 5.51. The number of rotatable bonds is 4. The maximum absolute atomic E-state index is 13.2. The van der Waals surface area contributed by atoms with Crippen LogP contribution in [0.4, 0.5) is 0 Å². The largest absolute Gasteiger partial charge is 0.496 e. The van der Waals surface area contributed by atoms with Crippen molar-refractivity contribution >= 4 is 34.0 Å². The lowest BCUT2D eigenvalue weighted by Crippen LogP contribution is -2.48. The van der Waals surface area contributed by atoms with Crippen molar-refractivity contribution < 1.29 is 13.2 Å². The number of nitrogens with one attached hydrogen (secondary N) is 1. The summed E-state index contributed by atoms with van der Waals surface area (Å²) in [7, 11) is -2.12. The lowest BCUT2D eigenvalue weighted by atomic mass is 10.0. The number of hydrogen-bond acceptors (Lipinski definition) is 4. The molecule has 5 nitrogen and oxygen atoms in total. The van der Waals surface area contributed by atoms with Crippen LogP contribution in [0.5, 0.6) is 5.75 Å². The molecule has 136 valence electrons. The van der Waals surface area contributed by atoms with E-state index in [0.717, 1.165) is 5.56 Å². The average Bonchev–Trinajstić information content (AvgIpc) is 2.62. The van der Waals surface area contributed by atoms with Crippen LogP contribution in [0.25, 0.3) is 0 Å². The standard InChI is InChI=1S/C17H19ClN2O3S.ClH/c1-23-16-8-4-2-6-13(16)15-12-19-10-11-20(15)24(21,22)17-9-5-3-7-14(17)18;/h2-9,15,19H,10-12H2,1H3;1H. The van der Waals surface area contributed by atoms with Gasteiger partial charge in [-0.3, -0.25) is 0 Å². The number of hydrogen-bond donors (Lipinski definition) is 1. The minimum absolute atomic E-state index is 0. The highest BCUT2D eigenvalue weighted by molar-refractivity contribution is 7.89. The smallest absolute Gasteiger partial charge is 0.245 e. The van der Waals surface area contributed by atoms with Crippen LogP contribution < -0.4 is 10.1 Å². The van der Waals surface area contributed by atoms with Crippen molar-refractivity contribution in [2.45, 2.75) is 10.9 Å². The Labute approximate surface area is 159 Å². The first-order chi connectivity index (χ1) is 11.6. The maximum Gasteiger partial charge on any atom is 0.245 e. The number of piperazine rings is 1. The van der Waals surface area contributed by atoms with Gasteiger partial charge in [-0.25, -0.2) is 8.42 Å². The molecule has 25 heavy (non-hydrogen) atoms. The average molecular weight is 403 g/mol. The summed E-state index contributed by atoms with van der Waals surface area (Å²) >= 11 is 6.13. The third kappa shape index (κ3) is 3.93. The van der Waals surface area contributed by atoms with E-state index in [1.54, 1.807) is 31.4 Å². The zero-order chi connectivity index (χ0) is 17.2. The van der Waals surface area contributed by atoms with Crippen LogP contribution in [0.3, 0.4) is 0 Å². The topological polar surface area (TPSA) is 58.6 Å². The summed E-state index contributed by atoms with van der Waals surface area (Å²) in [6.45, 7) is 1.48. The summed E-state index contributed by atoms with van der Waals surface area (Å²) in [4.78, 5) is 0.133. The van der Waals surface area contributed by atoms with E-state index >= 15 is 0 Å². The van der Waals surface area contributed by atoms with Gasteiger partial charge in [0.1, 0.15) is 10.6 Å². The van der Waals surface area contributed by atoms with E-state index < -0.39 is 10.0 Å². The predicted molar refractivity (Wildman–Crippen MR) is 101 cm³/mol. The highest BCUT2D eigenvalue weighted by Gasteiger charge is 2.36. The predicted octanol–water partition coefficient (Wildman–Crippen LogP) is 3.11. The molecule has 1 aliphatic rings. The molecule has 1 unspecified atom stereocenters. The Morgan fingerprint density at radius 3 is 2.56 bits per heavy atom. The Balaban J connectivity index is 0.00000225. The zero-order valence-corrected chi connectivity index (χ0v) is 16.1. The maximum atomic E-state index is 13.2. The summed E-state index contributed by atoms with van der Waals surface area (Å²) in [5.74, 6) is 0.672. The molecule has 1 aliphatic heterocycles. The third-order valence-corrected chi connectivity index (χ3v) is 6.52. The van der Waals surface area contributed by atoms with Gasteiger partial charge in [-0.15, -0.1) is 12.4 Å². The molecule has 1 N–H and O–H groups in total. The molecule has 0 saturated carbocycles. The second-order valence-corrected chi connectivity index (χ2v) is 7.77. The number of para-hydroxylation sites is 1. The molecule has 1 atom stereocenters. The molecular weight excluding hydrogens is 383 g/mol. The van der Waals surface area contributed by atoms with Crippen LogP contribution in [-0.4, -0.2) is 39.5 Å². The van der Waals surface area contributed by atoms with E-state index in [9.17, 15) is 8.42 Å². The normalized spacial score (nSPS) is 18.4. The molecule has 0 aliphatic carbocycles. The Morgan fingerprint density at radius 1 is 1.16 bits per heavy atom. The van der Waals surface area contributed by atoms with Gasteiger partial charge in [-0.05, 0) is 18.2 Å². The first-order valence-corrected chi connectivity index (χ1v) is 9.47. The Morgan fingerprint density at radius 2 is 1.84 bits per heavy atom. The van der Waals surface area contributed by atoms with Crippen LogP contribution in [0.15, 0.2) is 53.4 Å². The van der Waals surface area contributed by atoms with Crippen LogP contribution in [0, 0.1) is 0 Å². The SMILES string of the molecule is COc1ccccc1C1CNCCN1S(=O)(=O)c1ccccc1Cl.Cl. The van der Waals surface area contributed by atoms with Gasteiger partial charge < -0.3 is 10.1 Å². The van der Waals surface area contributed by atoms with Crippen molar-refractivity contribution in [3.8, 4) is 5.75 Å². The van der Waals surface area contributed by atoms with Crippen molar-refractivity contribution in [1.82, 2.24) is 9.62 Å². The van der Waals surface area contributed by atoms with E-state index in [0.29, 0.717) is 25.4 Å². The summed E-state index contributed by atoms with van der Waals surface area (Å²) in [5.41, 5.74) is 0.836. The molecule has 0 radical (unpaired) electrons. The first-order valence-electron chi connectivity index (χ1n) is 7.65. The molecule has 1 fully saturated rings. The van der Waals surface area contributed by atoms with E-state index in [2.05, 4.69) is 5.32 Å². The van der Waals surface area contributed by atoms with Crippen molar-refractivity contribution in [3.63, 3.8) is 0 Å². The third-order valence-electron chi connectivity index (χ3n) is 4.12. The zero-order valence-electron chi connectivity index (χ0n) is 13.7. The van der Waals surface area contributed by atoms with Gasteiger partial charge in [0.05, 0.1) is 18.2 Å². The number of nitrogens with zero attached hydrogens (tertiary/aromatic N) is 1. The molecule has 1 heterocycles. The Bertz CT molecular complexity index is 830. The van der Waals surface area contributed by atoms with Crippen LogP contribution in [-0.2, 0) is 10.0 Å². The molecule has 0 aromatic heterocycles. The fourth-order valence-electron chi connectivity index (χ4n) is 2.96.